The molecular formula is C23H19NS. The van der Waals surface area contributed by atoms with Crippen molar-refractivity contribution in [3.63, 3.8) is 0 Å². The molecule has 5 rings (SSSR count). The first-order valence-corrected chi connectivity index (χ1v) is 9.45. The van der Waals surface area contributed by atoms with Crippen LogP contribution in [0, 0.1) is 20.8 Å². The Morgan fingerprint density at radius 2 is 1.40 bits per heavy atom. The number of aryl methyl sites for hydroxylation is 3. The van der Waals surface area contributed by atoms with E-state index in [0.29, 0.717) is 0 Å². The van der Waals surface area contributed by atoms with Crippen molar-refractivity contribution < 1.29 is 0 Å². The topological polar surface area (TPSA) is 4.93 Å². The first-order chi connectivity index (χ1) is 12.1. The molecule has 0 atom stereocenters. The zero-order chi connectivity index (χ0) is 17.1. The molecule has 0 spiro atoms. The van der Waals surface area contributed by atoms with Gasteiger partial charge in [0.2, 0.25) is 0 Å². The van der Waals surface area contributed by atoms with Gasteiger partial charge in [0.1, 0.15) is 4.83 Å². The molecule has 2 heterocycles. The first kappa shape index (κ1) is 14.7. The maximum absolute atomic E-state index is 2.47. The van der Waals surface area contributed by atoms with Crippen molar-refractivity contribution in [2.45, 2.75) is 20.8 Å². The summed E-state index contributed by atoms with van der Waals surface area (Å²) in [6, 6.07) is 22.1. The van der Waals surface area contributed by atoms with Crippen molar-refractivity contribution in [2.24, 2.45) is 0 Å². The quantitative estimate of drug-likeness (QED) is 0.312. The molecule has 122 valence electrons. The highest BCUT2D eigenvalue weighted by Crippen LogP contribution is 2.43. The van der Waals surface area contributed by atoms with Crippen LogP contribution in [0.15, 0.2) is 60.7 Å². The van der Waals surface area contributed by atoms with Gasteiger partial charge in [-0.05, 0) is 44.0 Å². The number of aromatic nitrogens is 1. The van der Waals surface area contributed by atoms with Gasteiger partial charge in [0.15, 0.2) is 0 Å². The van der Waals surface area contributed by atoms with Crippen LogP contribution in [0.5, 0.6) is 0 Å². The van der Waals surface area contributed by atoms with Crippen LogP contribution >= 0.6 is 11.3 Å². The monoisotopic (exact) mass is 341 g/mol. The van der Waals surface area contributed by atoms with Crippen molar-refractivity contribution in [1.29, 1.82) is 0 Å². The molecule has 1 nitrogen and oxygen atoms in total. The molecule has 0 saturated heterocycles. The second kappa shape index (κ2) is 5.21. The van der Waals surface area contributed by atoms with E-state index >= 15 is 0 Å². The van der Waals surface area contributed by atoms with E-state index in [1.807, 2.05) is 11.3 Å². The van der Waals surface area contributed by atoms with Gasteiger partial charge in [0.25, 0.3) is 0 Å². The van der Waals surface area contributed by atoms with Crippen molar-refractivity contribution in [3.05, 3.63) is 77.4 Å². The highest BCUT2D eigenvalue weighted by Gasteiger charge is 2.19. The molecular weight excluding hydrogens is 322 g/mol. The van der Waals surface area contributed by atoms with E-state index in [9.17, 15) is 0 Å². The Morgan fingerprint density at radius 3 is 2.16 bits per heavy atom. The number of thiophene rings is 1. The van der Waals surface area contributed by atoms with Gasteiger partial charge in [-0.1, -0.05) is 54.1 Å². The zero-order valence-corrected chi connectivity index (χ0v) is 15.4. The summed E-state index contributed by atoms with van der Waals surface area (Å²) in [7, 11) is 0. The van der Waals surface area contributed by atoms with E-state index in [4.69, 9.17) is 0 Å². The van der Waals surface area contributed by atoms with Crippen molar-refractivity contribution in [3.8, 4) is 5.69 Å². The minimum atomic E-state index is 1.30. The van der Waals surface area contributed by atoms with Crippen LogP contribution in [0.25, 0.3) is 36.9 Å². The van der Waals surface area contributed by atoms with E-state index in [1.165, 1.54) is 53.6 Å². The van der Waals surface area contributed by atoms with Crippen LogP contribution in [0.1, 0.15) is 16.7 Å². The first-order valence-electron chi connectivity index (χ1n) is 8.64. The third-order valence-electron chi connectivity index (χ3n) is 5.05. The van der Waals surface area contributed by atoms with Crippen LogP contribution in [0.4, 0.5) is 0 Å². The largest absolute Gasteiger partial charge is 0.300 e. The number of fused-ring (bicyclic) bond motifs is 5. The number of nitrogens with zero attached hydrogens (tertiary/aromatic N) is 1. The summed E-state index contributed by atoms with van der Waals surface area (Å²) in [5.41, 5.74) is 6.60. The average molecular weight is 341 g/mol. The Hall–Kier alpha value is -2.58. The summed E-state index contributed by atoms with van der Waals surface area (Å²) < 4.78 is 3.83. The van der Waals surface area contributed by atoms with Crippen LogP contribution < -0.4 is 0 Å². The number of hydrogen-bond donors (Lipinski definition) is 0. The number of para-hydroxylation sites is 1. The van der Waals surface area contributed by atoms with E-state index in [-0.39, 0.29) is 0 Å². The molecule has 0 saturated carbocycles. The van der Waals surface area contributed by atoms with Crippen LogP contribution in [-0.4, -0.2) is 4.57 Å². The van der Waals surface area contributed by atoms with Gasteiger partial charge in [-0.2, -0.15) is 0 Å². The molecule has 25 heavy (non-hydrogen) atoms. The van der Waals surface area contributed by atoms with Gasteiger partial charge in [0, 0.05) is 20.9 Å². The number of benzene rings is 3. The molecule has 0 aliphatic heterocycles. The Labute approximate surface area is 151 Å². The van der Waals surface area contributed by atoms with Gasteiger partial charge in [-0.15, -0.1) is 11.3 Å². The lowest BCUT2D eigenvalue weighted by atomic mass is 10.0. The van der Waals surface area contributed by atoms with Crippen LogP contribution in [0.2, 0.25) is 0 Å². The predicted octanol–water partition coefficient (Wildman–Crippen LogP) is 6.92. The summed E-state index contributed by atoms with van der Waals surface area (Å²) in [5.74, 6) is 0. The fraction of sp³-hybridized carbons (Fsp3) is 0.130. The van der Waals surface area contributed by atoms with Crippen LogP contribution in [0.3, 0.4) is 0 Å². The third kappa shape index (κ3) is 2.01. The Balaban J connectivity index is 2.05. The molecule has 5 aromatic rings. The summed E-state index contributed by atoms with van der Waals surface area (Å²) >= 11 is 1.89. The molecule has 0 radical (unpaired) electrons. The second-order valence-electron chi connectivity index (χ2n) is 6.88. The van der Waals surface area contributed by atoms with Crippen molar-refractivity contribution in [2.75, 3.05) is 0 Å². The molecule has 3 aromatic carbocycles. The van der Waals surface area contributed by atoms with Crippen molar-refractivity contribution in [1.82, 2.24) is 4.57 Å². The molecule has 0 amide bonds. The van der Waals surface area contributed by atoms with E-state index in [2.05, 4.69) is 86.0 Å². The Bertz CT molecular complexity index is 1250. The Morgan fingerprint density at radius 1 is 0.760 bits per heavy atom. The normalized spacial score (nSPS) is 11.8. The third-order valence-corrected chi connectivity index (χ3v) is 6.21. The molecule has 0 aliphatic rings. The highest BCUT2D eigenvalue weighted by atomic mass is 32.1. The number of hydrogen-bond acceptors (Lipinski definition) is 1. The van der Waals surface area contributed by atoms with Gasteiger partial charge in [0.05, 0.1) is 11.2 Å². The molecule has 0 aliphatic carbocycles. The standard InChI is InChI=1S/C23H19NS/c1-14-12-15(2)22(16(3)13-14)24-19-10-6-4-8-17(19)21-18-9-5-7-11-20(18)25-23(21)24/h4-13H,1-3H3. The maximum Gasteiger partial charge on any atom is 0.109 e. The molecule has 0 bridgehead atoms. The fourth-order valence-electron chi connectivity index (χ4n) is 4.19. The molecule has 0 unspecified atom stereocenters. The van der Waals surface area contributed by atoms with E-state index in [0.717, 1.165) is 0 Å². The summed E-state index contributed by atoms with van der Waals surface area (Å²) in [6.07, 6.45) is 0. The maximum atomic E-state index is 2.47. The SMILES string of the molecule is Cc1cc(C)c(-n2c3ccccc3c3c4ccccc4sc32)c(C)c1. The zero-order valence-electron chi connectivity index (χ0n) is 14.6. The molecule has 2 aromatic heterocycles. The van der Waals surface area contributed by atoms with E-state index < -0.39 is 0 Å². The van der Waals surface area contributed by atoms with Gasteiger partial charge in [-0.25, -0.2) is 0 Å². The minimum absolute atomic E-state index is 1.30. The van der Waals surface area contributed by atoms with Gasteiger partial charge in [-0.3, -0.25) is 0 Å². The fourth-order valence-corrected chi connectivity index (χ4v) is 5.42. The summed E-state index contributed by atoms with van der Waals surface area (Å²) in [4.78, 5) is 1.34. The van der Waals surface area contributed by atoms with Crippen LogP contribution in [-0.2, 0) is 0 Å². The minimum Gasteiger partial charge on any atom is -0.300 e. The lowest BCUT2D eigenvalue weighted by Gasteiger charge is -2.14. The van der Waals surface area contributed by atoms with Gasteiger partial charge < -0.3 is 4.57 Å². The average Bonchev–Trinajstić information content (AvgIpc) is 3.10. The van der Waals surface area contributed by atoms with E-state index in [1.54, 1.807) is 0 Å². The second-order valence-corrected chi connectivity index (χ2v) is 7.91. The summed E-state index contributed by atoms with van der Waals surface area (Å²) in [5, 5.41) is 4.09. The lowest BCUT2D eigenvalue weighted by molar-refractivity contribution is 1.12. The lowest BCUT2D eigenvalue weighted by Crippen LogP contribution is -2.00. The molecule has 2 heteroatoms. The Kier molecular flexibility index (Phi) is 3.07. The molecule has 0 N–H and O–H groups in total. The summed E-state index contributed by atoms with van der Waals surface area (Å²) in [6.45, 7) is 6.62. The van der Waals surface area contributed by atoms with Crippen molar-refractivity contribution >= 4 is 42.5 Å². The predicted molar refractivity (Wildman–Crippen MR) is 110 cm³/mol. The molecule has 0 fully saturated rings. The smallest absolute Gasteiger partial charge is 0.109 e. The van der Waals surface area contributed by atoms with Gasteiger partial charge >= 0.3 is 0 Å². The highest BCUT2D eigenvalue weighted by molar-refractivity contribution is 7.25. The number of rotatable bonds is 1.